The predicted molar refractivity (Wildman–Crippen MR) is 49.4 cm³/mol. The molecule has 0 aliphatic carbocycles. The number of rotatable bonds is 2. The molecule has 2 nitrogen and oxygen atoms in total. The quantitative estimate of drug-likeness (QED) is 0.703. The zero-order valence-corrected chi connectivity index (χ0v) is 8.06. The van der Waals surface area contributed by atoms with Crippen LogP contribution in [0.4, 0.5) is 0 Å². The van der Waals surface area contributed by atoms with Gasteiger partial charge in [-0.25, -0.2) is 4.98 Å². The minimum atomic E-state index is 0.301. The van der Waals surface area contributed by atoms with E-state index in [4.69, 9.17) is 4.74 Å². The van der Waals surface area contributed by atoms with E-state index in [9.17, 15) is 0 Å². The van der Waals surface area contributed by atoms with Crippen LogP contribution in [0.5, 0.6) is 0 Å². The van der Waals surface area contributed by atoms with Crippen LogP contribution in [0.3, 0.4) is 0 Å². The lowest BCUT2D eigenvalue weighted by molar-refractivity contribution is 0.111. The average Bonchev–Trinajstić information content (AvgIpc) is 2.75. The van der Waals surface area contributed by atoms with Gasteiger partial charge >= 0.3 is 0 Å². The van der Waals surface area contributed by atoms with Crippen molar-refractivity contribution in [3.8, 4) is 0 Å². The van der Waals surface area contributed by atoms with Gasteiger partial charge in [-0.05, 0) is 19.3 Å². The monoisotopic (exact) mass is 183 g/mol. The molecule has 0 radical (unpaired) electrons. The van der Waals surface area contributed by atoms with E-state index in [1.54, 1.807) is 11.3 Å². The number of thiazole rings is 1. The van der Waals surface area contributed by atoms with E-state index in [0.29, 0.717) is 6.10 Å². The van der Waals surface area contributed by atoms with Gasteiger partial charge in [-0.15, -0.1) is 11.3 Å². The molecule has 1 atom stereocenters. The molecule has 1 aliphatic heterocycles. The van der Waals surface area contributed by atoms with E-state index in [-0.39, 0.29) is 0 Å². The van der Waals surface area contributed by atoms with Gasteiger partial charge in [0, 0.05) is 12.0 Å². The van der Waals surface area contributed by atoms with Crippen molar-refractivity contribution in [1.82, 2.24) is 4.98 Å². The fourth-order valence-corrected chi connectivity index (χ4v) is 2.39. The van der Waals surface area contributed by atoms with Crippen LogP contribution in [0.25, 0.3) is 0 Å². The largest absolute Gasteiger partial charge is 0.371 e. The number of aromatic nitrogens is 1. The average molecular weight is 183 g/mol. The Balaban J connectivity index is 2.11. The zero-order chi connectivity index (χ0) is 8.39. The van der Waals surface area contributed by atoms with Crippen molar-refractivity contribution >= 4 is 11.3 Å². The van der Waals surface area contributed by atoms with Gasteiger partial charge in [-0.2, -0.15) is 0 Å². The van der Waals surface area contributed by atoms with Crippen LogP contribution in [-0.4, -0.2) is 11.6 Å². The molecule has 3 heteroatoms. The van der Waals surface area contributed by atoms with Crippen LogP contribution in [0.15, 0.2) is 5.38 Å². The van der Waals surface area contributed by atoms with Gasteiger partial charge in [-0.1, -0.05) is 6.92 Å². The molecule has 1 saturated heterocycles. The third-order valence-electron chi connectivity index (χ3n) is 2.14. The fraction of sp³-hybridized carbons (Fsp3) is 0.667. The van der Waals surface area contributed by atoms with Crippen molar-refractivity contribution in [3.63, 3.8) is 0 Å². The van der Waals surface area contributed by atoms with E-state index >= 15 is 0 Å². The Morgan fingerprint density at radius 1 is 1.75 bits per heavy atom. The molecule has 2 rings (SSSR count). The van der Waals surface area contributed by atoms with Crippen LogP contribution < -0.4 is 0 Å². The standard InChI is InChI=1S/C9H13NOS/c1-2-7-6-12-9(10-7)8-4-3-5-11-8/h6,8H,2-5H2,1H3. The lowest BCUT2D eigenvalue weighted by Gasteiger charge is -2.03. The van der Waals surface area contributed by atoms with Crippen LogP contribution in [-0.2, 0) is 11.2 Å². The number of hydrogen-bond donors (Lipinski definition) is 0. The first-order chi connectivity index (χ1) is 5.90. The highest BCUT2D eigenvalue weighted by molar-refractivity contribution is 7.09. The zero-order valence-electron chi connectivity index (χ0n) is 7.25. The molecule has 0 amide bonds. The maximum atomic E-state index is 5.54. The van der Waals surface area contributed by atoms with Crippen LogP contribution >= 0.6 is 11.3 Å². The predicted octanol–water partition coefficient (Wildman–Crippen LogP) is 2.56. The Morgan fingerprint density at radius 3 is 3.25 bits per heavy atom. The Morgan fingerprint density at radius 2 is 2.67 bits per heavy atom. The Kier molecular flexibility index (Phi) is 2.42. The summed E-state index contributed by atoms with van der Waals surface area (Å²) in [5.74, 6) is 0. The smallest absolute Gasteiger partial charge is 0.122 e. The summed E-state index contributed by atoms with van der Waals surface area (Å²) in [4.78, 5) is 4.50. The first kappa shape index (κ1) is 8.20. The summed E-state index contributed by atoms with van der Waals surface area (Å²) in [6.07, 6.45) is 3.67. The number of aryl methyl sites for hydroxylation is 1. The van der Waals surface area contributed by atoms with E-state index < -0.39 is 0 Å². The number of nitrogens with zero attached hydrogens (tertiary/aromatic N) is 1. The third kappa shape index (κ3) is 1.52. The molecule has 0 bridgehead atoms. The van der Waals surface area contributed by atoms with Crippen molar-refractivity contribution in [3.05, 3.63) is 16.1 Å². The van der Waals surface area contributed by atoms with Gasteiger partial charge in [0.15, 0.2) is 0 Å². The molecular formula is C9H13NOS. The minimum Gasteiger partial charge on any atom is -0.371 e. The summed E-state index contributed by atoms with van der Waals surface area (Å²) in [7, 11) is 0. The van der Waals surface area contributed by atoms with E-state index in [1.165, 1.54) is 17.1 Å². The molecule has 1 unspecified atom stereocenters. The second-order valence-corrected chi connectivity index (χ2v) is 3.92. The highest BCUT2D eigenvalue weighted by atomic mass is 32.1. The van der Waals surface area contributed by atoms with Crippen molar-refractivity contribution in [2.24, 2.45) is 0 Å². The van der Waals surface area contributed by atoms with Gasteiger partial charge in [0.05, 0.1) is 5.69 Å². The molecule has 1 fully saturated rings. The molecule has 1 aromatic heterocycles. The maximum absolute atomic E-state index is 5.54. The van der Waals surface area contributed by atoms with Crippen LogP contribution in [0.2, 0.25) is 0 Å². The molecule has 66 valence electrons. The fourth-order valence-electron chi connectivity index (χ4n) is 1.41. The van der Waals surface area contributed by atoms with Gasteiger partial charge in [-0.3, -0.25) is 0 Å². The first-order valence-electron chi connectivity index (χ1n) is 4.46. The highest BCUT2D eigenvalue weighted by Gasteiger charge is 2.20. The van der Waals surface area contributed by atoms with E-state index in [0.717, 1.165) is 19.4 Å². The second-order valence-electron chi connectivity index (χ2n) is 3.03. The number of hydrogen-bond acceptors (Lipinski definition) is 3. The summed E-state index contributed by atoms with van der Waals surface area (Å²) in [5, 5.41) is 3.31. The summed E-state index contributed by atoms with van der Waals surface area (Å²) in [6.45, 7) is 3.04. The minimum absolute atomic E-state index is 0.301. The molecule has 0 N–H and O–H groups in total. The second kappa shape index (κ2) is 3.54. The normalized spacial score (nSPS) is 23.2. The highest BCUT2D eigenvalue weighted by Crippen LogP contribution is 2.30. The van der Waals surface area contributed by atoms with Gasteiger partial charge in [0.25, 0.3) is 0 Å². The first-order valence-corrected chi connectivity index (χ1v) is 5.34. The van der Waals surface area contributed by atoms with Crippen molar-refractivity contribution in [1.29, 1.82) is 0 Å². The third-order valence-corrected chi connectivity index (χ3v) is 3.12. The van der Waals surface area contributed by atoms with Gasteiger partial charge in [0.2, 0.25) is 0 Å². The summed E-state index contributed by atoms with van der Waals surface area (Å²) >= 11 is 1.74. The molecule has 1 aliphatic rings. The molecule has 12 heavy (non-hydrogen) atoms. The maximum Gasteiger partial charge on any atom is 0.122 e. The Hall–Kier alpha value is -0.410. The van der Waals surface area contributed by atoms with Crippen molar-refractivity contribution < 1.29 is 4.74 Å². The lowest BCUT2D eigenvalue weighted by Crippen LogP contribution is -1.94. The molecular weight excluding hydrogens is 170 g/mol. The molecule has 2 heterocycles. The SMILES string of the molecule is CCc1csc(C2CCCO2)n1. The van der Waals surface area contributed by atoms with Gasteiger partial charge < -0.3 is 4.74 Å². The van der Waals surface area contributed by atoms with Crippen LogP contribution in [0, 0.1) is 0 Å². The Labute approximate surface area is 76.6 Å². The molecule has 0 saturated carbocycles. The van der Waals surface area contributed by atoms with Crippen LogP contribution in [0.1, 0.15) is 36.6 Å². The van der Waals surface area contributed by atoms with Crippen molar-refractivity contribution in [2.75, 3.05) is 6.61 Å². The van der Waals surface area contributed by atoms with Gasteiger partial charge in [0.1, 0.15) is 11.1 Å². The van der Waals surface area contributed by atoms with E-state index in [1.807, 2.05) is 0 Å². The number of ether oxygens (including phenoxy) is 1. The van der Waals surface area contributed by atoms with E-state index in [2.05, 4.69) is 17.3 Å². The topological polar surface area (TPSA) is 22.1 Å². The van der Waals surface area contributed by atoms with Crippen molar-refractivity contribution in [2.45, 2.75) is 32.3 Å². The summed E-state index contributed by atoms with van der Waals surface area (Å²) < 4.78 is 5.54. The summed E-state index contributed by atoms with van der Waals surface area (Å²) in [5.41, 5.74) is 1.20. The lowest BCUT2D eigenvalue weighted by atomic mass is 10.2. The molecule has 0 spiro atoms. The molecule has 1 aromatic rings. The summed E-state index contributed by atoms with van der Waals surface area (Å²) in [6, 6.07) is 0. The Bertz CT molecular complexity index is 253. The molecule has 0 aromatic carbocycles.